The topological polar surface area (TPSA) is 59.2 Å². The Balaban J connectivity index is 1.29. The van der Waals surface area contributed by atoms with Crippen LogP contribution in [0.25, 0.3) is 15.9 Å². The molecular formula is C22H24N6S. The fourth-order valence-electron chi connectivity index (χ4n) is 4.99. The maximum absolute atomic E-state index is 4.76. The molecule has 1 aliphatic heterocycles. The van der Waals surface area contributed by atoms with Gasteiger partial charge in [0.05, 0.1) is 5.39 Å². The van der Waals surface area contributed by atoms with Crippen LogP contribution in [0.1, 0.15) is 48.4 Å². The number of anilines is 1. The van der Waals surface area contributed by atoms with Crippen LogP contribution in [0.5, 0.6) is 0 Å². The molecule has 1 fully saturated rings. The highest BCUT2D eigenvalue weighted by Crippen LogP contribution is 2.41. The van der Waals surface area contributed by atoms with Crippen LogP contribution in [0.2, 0.25) is 0 Å². The van der Waals surface area contributed by atoms with Gasteiger partial charge < -0.3 is 4.90 Å². The zero-order chi connectivity index (χ0) is 19.4. The normalized spacial score (nSPS) is 20.4. The van der Waals surface area contributed by atoms with Crippen LogP contribution >= 0.6 is 11.3 Å². The van der Waals surface area contributed by atoms with Gasteiger partial charge in [-0.2, -0.15) is 0 Å². The molecule has 1 aliphatic carbocycles. The minimum atomic E-state index is 0.443. The van der Waals surface area contributed by atoms with Crippen LogP contribution in [0, 0.1) is 5.92 Å². The highest BCUT2D eigenvalue weighted by Gasteiger charge is 2.29. The fourth-order valence-corrected chi connectivity index (χ4v) is 6.33. The summed E-state index contributed by atoms with van der Waals surface area (Å²) in [5.41, 5.74) is 2.45. The standard InChI is InChI=1S/C22H24N6S/c1-14-5-6-16-17(12-14)29-22-19(16)21(23-13-24-22)27-10-7-15(8-11-27)20-26-25-18-4-2-3-9-28(18)20/h2-4,9,13-15H,5-8,10-12H2,1H3/t14-/m1/s1. The average Bonchev–Trinajstić information content (AvgIpc) is 3.34. The SMILES string of the molecule is C[C@@H]1CCc2c(sc3ncnc(N4CCC(c5nnc6ccccn56)CC4)c23)C1. The molecule has 7 heteroatoms. The van der Waals surface area contributed by atoms with E-state index in [0.29, 0.717) is 5.92 Å². The summed E-state index contributed by atoms with van der Waals surface area (Å²) in [5, 5.41) is 10.2. The minimum Gasteiger partial charge on any atom is -0.356 e. The van der Waals surface area contributed by atoms with Crippen LogP contribution in [0.4, 0.5) is 5.82 Å². The fraction of sp³-hybridized carbons (Fsp3) is 0.455. The molecule has 0 saturated carbocycles. The molecule has 0 amide bonds. The summed E-state index contributed by atoms with van der Waals surface area (Å²) < 4.78 is 2.14. The lowest BCUT2D eigenvalue weighted by molar-refractivity contribution is 0.480. The molecule has 4 aromatic rings. The van der Waals surface area contributed by atoms with E-state index < -0.39 is 0 Å². The van der Waals surface area contributed by atoms with E-state index in [-0.39, 0.29) is 0 Å². The summed E-state index contributed by atoms with van der Waals surface area (Å²) in [7, 11) is 0. The van der Waals surface area contributed by atoms with E-state index >= 15 is 0 Å². The van der Waals surface area contributed by atoms with Gasteiger partial charge in [-0.05, 0) is 55.7 Å². The van der Waals surface area contributed by atoms with Crippen LogP contribution in [0.15, 0.2) is 30.7 Å². The third-order valence-corrected chi connectivity index (χ3v) is 7.73. The second-order valence-electron chi connectivity index (χ2n) is 8.48. The lowest BCUT2D eigenvalue weighted by atomic mass is 9.89. The monoisotopic (exact) mass is 404 g/mol. The molecular weight excluding hydrogens is 380 g/mol. The Labute approximate surface area is 173 Å². The van der Waals surface area contributed by atoms with Crippen molar-refractivity contribution < 1.29 is 0 Å². The van der Waals surface area contributed by atoms with E-state index in [4.69, 9.17) is 4.98 Å². The number of aromatic nitrogens is 5. The summed E-state index contributed by atoms with van der Waals surface area (Å²) in [4.78, 5) is 14.5. The zero-order valence-electron chi connectivity index (χ0n) is 16.6. The van der Waals surface area contributed by atoms with Crippen molar-refractivity contribution in [2.45, 2.75) is 44.9 Å². The van der Waals surface area contributed by atoms with E-state index in [2.05, 4.69) is 37.6 Å². The van der Waals surface area contributed by atoms with Crippen molar-refractivity contribution in [1.29, 1.82) is 0 Å². The quantitative estimate of drug-likeness (QED) is 0.500. The first-order chi connectivity index (χ1) is 14.3. The van der Waals surface area contributed by atoms with Crippen molar-refractivity contribution in [2.24, 2.45) is 5.92 Å². The first-order valence-corrected chi connectivity index (χ1v) is 11.4. The van der Waals surface area contributed by atoms with Gasteiger partial charge in [-0.25, -0.2) is 9.97 Å². The molecule has 0 unspecified atom stereocenters. The van der Waals surface area contributed by atoms with Gasteiger partial charge in [0.1, 0.15) is 22.8 Å². The van der Waals surface area contributed by atoms with Gasteiger partial charge >= 0.3 is 0 Å². The Kier molecular flexibility index (Phi) is 4.04. The molecule has 1 atom stereocenters. The number of pyridine rings is 1. The van der Waals surface area contributed by atoms with Crippen molar-refractivity contribution in [1.82, 2.24) is 24.6 Å². The second kappa shape index (κ2) is 6.76. The molecule has 2 aliphatic rings. The van der Waals surface area contributed by atoms with E-state index in [1.165, 1.54) is 39.9 Å². The predicted molar refractivity (Wildman–Crippen MR) is 116 cm³/mol. The van der Waals surface area contributed by atoms with Crippen molar-refractivity contribution in [3.05, 3.63) is 47.0 Å². The largest absolute Gasteiger partial charge is 0.356 e. The molecule has 1 saturated heterocycles. The molecule has 29 heavy (non-hydrogen) atoms. The van der Waals surface area contributed by atoms with Gasteiger partial charge in [0.15, 0.2) is 5.65 Å². The second-order valence-corrected chi connectivity index (χ2v) is 9.56. The summed E-state index contributed by atoms with van der Waals surface area (Å²) in [6, 6.07) is 6.08. The Bertz CT molecular complexity index is 1190. The van der Waals surface area contributed by atoms with E-state index in [1.807, 2.05) is 29.5 Å². The highest BCUT2D eigenvalue weighted by atomic mass is 32.1. The summed E-state index contributed by atoms with van der Waals surface area (Å²) in [6.07, 6.45) is 9.60. The highest BCUT2D eigenvalue weighted by molar-refractivity contribution is 7.19. The van der Waals surface area contributed by atoms with Crippen molar-refractivity contribution >= 4 is 33.0 Å². The minimum absolute atomic E-state index is 0.443. The van der Waals surface area contributed by atoms with E-state index in [1.54, 1.807) is 6.33 Å². The number of fused-ring (bicyclic) bond motifs is 4. The first kappa shape index (κ1) is 17.3. The third kappa shape index (κ3) is 2.82. The van der Waals surface area contributed by atoms with Crippen molar-refractivity contribution in [3.8, 4) is 0 Å². The number of thiophene rings is 1. The Morgan fingerprint density at radius 1 is 1.07 bits per heavy atom. The maximum atomic E-state index is 4.76. The Hall–Kier alpha value is -2.54. The molecule has 148 valence electrons. The average molecular weight is 405 g/mol. The number of piperidine rings is 1. The Morgan fingerprint density at radius 3 is 2.86 bits per heavy atom. The molecule has 5 heterocycles. The van der Waals surface area contributed by atoms with Crippen molar-refractivity contribution in [2.75, 3.05) is 18.0 Å². The lowest BCUT2D eigenvalue weighted by Gasteiger charge is -2.32. The molecule has 0 bridgehead atoms. The number of rotatable bonds is 2. The van der Waals surface area contributed by atoms with E-state index in [9.17, 15) is 0 Å². The molecule has 0 radical (unpaired) electrons. The van der Waals surface area contributed by atoms with Crippen LogP contribution in [0.3, 0.4) is 0 Å². The molecule has 0 spiro atoms. The van der Waals surface area contributed by atoms with Gasteiger partial charge in [-0.15, -0.1) is 21.5 Å². The van der Waals surface area contributed by atoms with E-state index in [0.717, 1.165) is 49.1 Å². The van der Waals surface area contributed by atoms with Gasteiger partial charge in [-0.3, -0.25) is 4.40 Å². The third-order valence-electron chi connectivity index (χ3n) is 6.57. The predicted octanol–water partition coefficient (Wildman–Crippen LogP) is 4.24. The van der Waals surface area contributed by atoms with Crippen LogP contribution in [-0.2, 0) is 12.8 Å². The molecule has 6 nitrogen and oxygen atoms in total. The summed E-state index contributed by atoms with van der Waals surface area (Å²) in [6.45, 7) is 4.36. The summed E-state index contributed by atoms with van der Waals surface area (Å²) >= 11 is 1.88. The number of nitrogens with zero attached hydrogens (tertiary/aromatic N) is 6. The van der Waals surface area contributed by atoms with Gasteiger partial charge in [0, 0.05) is 30.1 Å². The van der Waals surface area contributed by atoms with Gasteiger partial charge in [0.2, 0.25) is 0 Å². The Morgan fingerprint density at radius 2 is 1.97 bits per heavy atom. The number of hydrogen-bond acceptors (Lipinski definition) is 6. The molecule has 6 rings (SSSR count). The summed E-state index contributed by atoms with van der Waals surface area (Å²) in [5.74, 6) is 3.46. The smallest absolute Gasteiger partial charge is 0.160 e. The zero-order valence-corrected chi connectivity index (χ0v) is 17.4. The lowest BCUT2D eigenvalue weighted by Crippen LogP contribution is -2.34. The molecule has 0 N–H and O–H groups in total. The van der Waals surface area contributed by atoms with Crippen LogP contribution in [-0.4, -0.2) is 37.7 Å². The maximum Gasteiger partial charge on any atom is 0.160 e. The number of hydrogen-bond donors (Lipinski definition) is 0. The van der Waals surface area contributed by atoms with Gasteiger partial charge in [-0.1, -0.05) is 13.0 Å². The van der Waals surface area contributed by atoms with Crippen molar-refractivity contribution in [3.63, 3.8) is 0 Å². The number of aryl methyl sites for hydroxylation is 1. The molecule has 4 aromatic heterocycles. The first-order valence-electron chi connectivity index (χ1n) is 10.6. The molecule has 0 aromatic carbocycles. The van der Waals surface area contributed by atoms with Crippen LogP contribution < -0.4 is 4.90 Å². The van der Waals surface area contributed by atoms with Gasteiger partial charge in [0.25, 0.3) is 0 Å².